The second-order valence-electron chi connectivity index (χ2n) is 5.94. The molecule has 0 unspecified atom stereocenters. The minimum atomic E-state index is -1.06. The third kappa shape index (κ3) is 3.55. The molecule has 5 heteroatoms. The molecule has 3 rings (SSSR count). The molecule has 128 valence electrons. The summed E-state index contributed by atoms with van der Waals surface area (Å²) in [6.07, 6.45) is -0.352. The Morgan fingerprint density at radius 1 is 1.16 bits per heavy atom. The van der Waals surface area contributed by atoms with Crippen LogP contribution in [0.2, 0.25) is 0 Å². The molecule has 0 saturated heterocycles. The lowest BCUT2D eigenvalue weighted by atomic mass is 10.0. The number of aliphatic carboxylic acids is 1. The van der Waals surface area contributed by atoms with Crippen LogP contribution in [0.15, 0.2) is 51.7 Å². The van der Waals surface area contributed by atoms with Gasteiger partial charge in [-0.25, -0.2) is 4.79 Å². The summed E-state index contributed by atoms with van der Waals surface area (Å²) >= 11 is 0. The van der Waals surface area contributed by atoms with Gasteiger partial charge in [0.05, 0.1) is 12.0 Å². The minimum Gasteiger partial charge on any atom is -0.489 e. The Morgan fingerprint density at radius 2 is 1.92 bits per heavy atom. The van der Waals surface area contributed by atoms with Crippen molar-refractivity contribution in [2.45, 2.75) is 26.9 Å². The van der Waals surface area contributed by atoms with E-state index in [0.717, 1.165) is 11.1 Å². The first-order valence-electron chi connectivity index (χ1n) is 7.91. The first-order valence-corrected chi connectivity index (χ1v) is 7.91. The standard InChI is InChI=1S/C20H18O5/c1-12-5-3-4-6-14(12)11-24-15-7-8-16-13(2)17(10-19(21)22)20(23)25-18(16)9-15/h3-9H,10-11H2,1-2H3,(H,21,22). The van der Waals surface area contributed by atoms with Gasteiger partial charge in [-0.2, -0.15) is 0 Å². The lowest BCUT2D eigenvalue weighted by molar-refractivity contribution is -0.136. The highest BCUT2D eigenvalue weighted by molar-refractivity contribution is 5.83. The fraction of sp³-hybridized carbons (Fsp3) is 0.200. The third-order valence-electron chi connectivity index (χ3n) is 4.24. The van der Waals surface area contributed by atoms with Crippen molar-refractivity contribution in [3.05, 3.63) is 75.1 Å². The van der Waals surface area contributed by atoms with Crippen LogP contribution in [0, 0.1) is 13.8 Å². The van der Waals surface area contributed by atoms with Crippen LogP contribution in [0.3, 0.4) is 0 Å². The molecule has 25 heavy (non-hydrogen) atoms. The predicted molar refractivity (Wildman–Crippen MR) is 94.1 cm³/mol. The fourth-order valence-electron chi connectivity index (χ4n) is 2.75. The van der Waals surface area contributed by atoms with Crippen LogP contribution < -0.4 is 10.4 Å². The van der Waals surface area contributed by atoms with E-state index in [-0.39, 0.29) is 12.0 Å². The van der Waals surface area contributed by atoms with Crippen molar-refractivity contribution in [3.8, 4) is 5.75 Å². The van der Waals surface area contributed by atoms with E-state index in [9.17, 15) is 9.59 Å². The zero-order valence-electron chi connectivity index (χ0n) is 14.0. The maximum Gasteiger partial charge on any atom is 0.340 e. The van der Waals surface area contributed by atoms with Crippen LogP contribution in [0.5, 0.6) is 5.75 Å². The zero-order valence-corrected chi connectivity index (χ0v) is 14.0. The Labute approximate surface area is 144 Å². The number of benzene rings is 2. The van der Waals surface area contributed by atoms with Gasteiger partial charge in [0.2, 0.25) is 0 Å². The molecule has 2 aromatic carbocycles. The van der Waals surface area contributed by atoms with Crippen LogP contribution in [0.1, 0.15) is 22.3 Å². The van der Waals surface area contributed by atoms with Crippen molar-refractivity contribution in [2.24, 2.45) is 0 Å². The highest BCUT2D eigenvalue weighted by Crippen LogP contribution is 2.25. The van der Waals surface area contributed by atoms with E-state index >= 15 is 0 Å². The summed E-state index contributed by atoms with van der Waals surface area (Å²) < 4.78 is 11.1. The molecular formula is C20H18O5. The minimum absolute atomic E-state index is 0.175. The van der Waals surface area contributed by atoms with Crippen LogP contribution in [-0.2, 0) is 17.8 Å². The van der Waals surface area contributed by atoms with Gasteiger partial charge in [0.1, 0.15) is 17.9 Å². The summed E-state index contributed by atoms with van der Waals surface area (Å²) in [5, 5.41) is 9.64. The van der Waals surface area contributed by atoms with Crippen molar-refractivity contribution < 1.29 is 19.1 Å². The molecule has 0 spiro atoms. The number of carboxylic acids is 1. The molecule has 0 radical (unpaired) electrons. The Kier molecular flexibility index (Phi) is 4.57. The predicted octanol–water partition coefficient (Wildman–Crippen LogP) is 3.62. The van der Waals surface area contributed by atoms with E-state index in [1.54, 1.807) is 25.1 Å². The Bertz CT molecular complexity index is 1000. The molecular weight excluding hydrogens is 320 g/mol. The van der Waals surface area contributed by atoms with Gasteiger partial charge in [-0.1, -0.05) is 24.3 Å². The van der Waals surface area contributed by atoms with Crippen LogP contribution in [-0.4, -0.2) is 11.1 Å². The molecule has 0 fully saturated rings. The van der Waals surface area contributed by atoms with Crippen molar-refractivity contribution in [1.29, 1.82) is 0 Å². The van der Waals surface area contributed by atoms with Crippen molar-refractivity contribution >= 4 is 16.9 Å². The van der Waals surface area contributed by atoms with Crippen LogP contribution >= 0.6 is 0 Å². The maximum atomic E-state index is 12.1. The first-order chi connectivity index (χ1) is 12.0. The number of hydrogen-bond acceptors (Lipinski definition) is 4. The van der Waals surface area contributed by atoms with Crippen LogP contribution in [0.4, 0.5) is 0 Å². The summed E-state index contributed by atoms with van der Waals surface area (Å²) in [5.74, 6) is -0.475. The fourth-order valence-corrected chi connectivity index (χ4v) is 2.75. The van der Waals surface area contributed by atoms with E-state index in [0.29, 0.717) is 28.9 Å². The summed E-state index contributed by atoms with van der Waals surface area (Å²) in [5.41, 5.74) is 2.79. The number of rotatable bonds is 5. The molecule has 0 aliphatic rings. The number of hydrogen-bond donors (Lipinski definition) is 1. The molecule has 1 heterocycles. The summed E-state index contributed by atoms with van der Waals surface area (Å²) in [6, 6.07) is 13.2. The number of ether oxygens (including phenoxy) is 1. The smallest absolute Gasteiger partial charge is 0.340 e. The second-order valence-corrected chi connectivity index (χ2v) is 5.94. The topological polar surface area (TPSA) is 76.7 Å². The van der Waals surface area contributed by atoms with Gasteiger partial charge >= 0.3 is 11.6 Å². The number of carboxylic acid groups (broad SMARTS) is 1. The van der Waals surface area contributed by atoms with Crippen molar-refractivity contribution in [1.82, 2.24) is 0 Å². The van der Waals surface area contributed by atoms with E-state index in [1.165, 1.54) is 0 Å². The monoisotopic (exact) mass is 338 g/mol. The van der Waals surface area contributed by atoms with Gasteiger partial charge in [-0.3, -0.25) is 4.79 Å². The molecule has 0 amide bonds. The van der Waals surface area contributed by atoms with Gasteiger partial charge in [-0.05, 0) is 42.7 Å². The van der Waals surface area contributed by atoms with Gasteiger partial charge < -0.3 is 14.3 Å². The van der Waals surface area contributed by atoms with Gasteiger partial charge in [0, 0.05) is 11.5 Å². The van der Waals surface area contributed by atoms with Crippen molar-refractivity contribution in [2.75, 3.05) is 0 Å². The Balaban J connectivity index is 1.91. The molecule has 0 bridgehead atoms. The molecule has 5 nitrogen and oxygen atoms in total. The second kappa shape index (κ2) is 6.81. The third-order valence-corrected chi connectivity index (χ3v) is 4.24. The highest BCUT2D eigenvalue weighted by atomic mass is 16.5. The largest absolute Gasteiger partial charge is 0.489 e. The summed E-state index contributed by atoms with van der Waals surface area (Å²) in [7, 11) is 0. The lowest BCUT2D eigenvalue weighted by Crippen LogP contribution is -2.14. The number of carbonyl (C=O) groups is 1. The molecule has 1 aromatic heterocycles. The molecule has 3 aromatic rings. The molecule has 0 saturated carbocycles. The summed E-state index contributed by atoms with van der Waals surface area (Å²) in [4.78, 5) is 23.0. The average molecular weight is 338 g/mol. The van der Waals surface area contributed by atoms with E-state index in [2.05, 4.69) is 0 Å². The SMILES string of the molecule is Cc1ccccc1COc1ccc2c(C)c(CC(=O)O)c(=O)oc2c1. The van der Waals surface area contributed by atoms with E-state index in [1.807, 2.05) is 31.2 Å². The van der Waals surface area contributed by atoms with E-state index < -0.39 is 11.6 Å². The first kappa shape index (κ1) is 16.8. The van der Waals surface area contributed by atoms with Crippen LogP contribution in [0.25, 0.3) is 11.0 Å². The highest BCUT2D eigenvalue weighted by Gasteiger charge is 2.14. The summed E-state index contributed by atoms with van der Waals surface area (Å²) in [6.45, 7) is 4.16. The Hall–Kier alpha value is -3.08. The van der Waals surface area contributed by atoms with Gasteiger partial charge in [0.15, 0.2) is 0 Å². The maximum absolute atomic E-state index is 12.1. The van der Waals surface area contributed by atoms with E-state index in [4.69, 9.17) is 14.3 Å². The average Bonchev–Trinajstić information content (AvgIpc) is 2.57. The normalized spacial score (nSPS) is 10.8. The lowest BCUT2D eigenvalue weighted by Gasteiger charge is -2.10. The van der Waals surface area contributed by atoms with Crippen molar-refractivity contribution in [3.63, 3.8) is 0 Å². The molecule has 0 aliphatic carbocycles. The Morgan fingerprint density at radius 3 is 2.64 bits per heavy atom. The van der Waals surface area contributed by atoms with Gasteiger partial charge in [-0.15, -0.1) is 0 Å². The quantitative estimate of drug-likeness (QED) is 0.719. The van der Waals surface area contributed by atoms with Gasteiger partial charge in [0.25, 0.3) is 0 Å². The zero-order chi connectivity index (χ0) is 18.0. The number of aryl methyl sites for hydroxylation is 2. The number of fused-ring (bicyclic) bond motifs is 1. The molecule has 0 atom stereocenters. The molecule has 1 N–H and O–H groups in total. The molecule has 0 aliphatic heterocycles.